The van der Waals surface area contributed by atoms with Gasteiger partial charge in [0.05, 0.1) is 20.5 Å². The van der Waals surface area contributed by atoms with Crippen molar-refractivity contribution in [2.45, 2.75) is 25.6 Å². The monoisotopic (exact) mass is 572 g/mol. The van der Waals surface area contributed by atoms with Crippen LogP contribution in [-0.4, -0.2) is 52.8 Å². The molecule has 12 heteroatoms. The summed E-state index contributed by atoms with van der Waals surface area (Å²) < 4.78 is 0. The number of aliphatic carboxylic acids is 1. The predicted octanol–water partition coefficient (Wildman–Crippen LogP) is 3.79. The van der Waals surface area contributed by atoms with Crippen molar-refractivity contribution in [3.63, 3.8) is 0 Å². The number of hydrogen-bond acceptors (Lipinski definition) is 6. The Balaban J connectivity index is 1.29. The molecule has 2 aromatic carbocycles. The quantitative estimate of drug-likeness (QED) is 0.341. The molecule has 3 amide bonds. The largest absolute Gasteiger partial charge is 0.480 e. The van der Waals surface area contributed by atoms with Crippen LogP contribution in [0.2, 0.25) is 10.0 Å². The lowest BCUT2D eigenvalue weighted by molar-refractivity contribution is -0.139. The molecule has 3 aromatic rings. The van der Waals surface area contributed by atoms with Crippen LogP contribution < -0.4 is 16.0 Å². The Morgan fingerprint density at radius 3 is 2.58 bits per heavy atom. The van der Waals surface area contributed by atoms with Gasteiger partial charge >= 0.3 is 5.97 Å². The Morgan fingerprint density at radius 1 is 1.11 bits per heavy atom. The highest BCUT2D eigenvalue weighted by atomic mass is 35.5. The highest BCUT2D eigenvalue weighted by Gasteiger charge is 2.30. The van der Waals surface area contributed by atoms with Gasteiger partial charge in [-0.1, -0.05) is 35.3 Å². The van der Waals surface area contributed by atoms with Gasteiger partial charge in [0.25, 0.3) is 17.7 Å². The van der Waals surface area contributed by atoms with Gasteiger partial charge in [0.15, 0.2) is 0 Å². The van der Waals surface area contributed by atoms with Crippen LogP contribution in [0.3, 0.4) is 0 Å². The number of benzene rings is 2. The lowest BCUT2D eigenvalue weighted by atomic mass is 9.95. The molecule has 196 valence electrons. The number of carbonyl (C=O) groups excluding carboxylic acids is 3. The van der Waals surface area contributed by atoms with E-state index in [2.05, 4.69) is 16.0 Å². The van der Waals surface area contributed by atoms with E-state index in [0.29, 0.717) is 29.0 Å². The summed E-state index contributed by atoms with van der Waals surface area (Å²) in [6.07, 6.45) is 0.403. The average molecular weight is 573 g/mol. The molecule has 5 rings (SSSR count). The summed E-state index contributed by atoms with van der Waals surface area (Å²) in [6, 6.07) is 9.09. The van der Waals surface area contributed by atoms with Gasteiger partial charge in [-0.3, -0.25) is 14.4 Å². The van der Waals surface area contributed by atoms with E-state index in [9.17, 15) is 24.3 Å². The van der Waals surface area contributed by atoms with E-state index >= 15 is 0 Å². The Hall–Kier alpha value is -3.60. The Kier molecular flexibility index (Phi) is 7.29. The van der Waals surface area contributed by atoms with Crippen molar-refractivity contribution in [1.82, 2.24) is 15.5 Å². The first-order valence-corrected chi connectivity index (χ1v) is 13.4. The molecular formula is C26H22Cl2N4O5S. The number of carboxylic acid groups (broad SMARTS) is 1. The molecule has 0 saturated heterocycles. The number of carboxylic acids is 1. The molecule has 0 radical (unpaired) electrons. The molecule has 0 fully saturated rings. The second-order valence-electron chi connectivity index (χ2n) is 8.94. The van der Waals surface area contributed by atoms with Crippen LogP contribution in [0.15, 0.2) is 41.8 Å². The van der Waals surface area contributed by atoms with E-state index in [1.165, 1.54) is 16.9 Å². The van der Waals surface area contributed by atoms with Gasteiger partial charge in [-0.05, 0) is 52.8 Å². The minimum Gasteiger partial charge on any atom is -0.480 e. The van der Waals surface area contributed by atoms with E-state index in [1.54, 1.807) is 28.5 Å². The van der Waals surface area contributed by atoms with E-state index in [0.717, 1.165) is 17.8 Å². The number of fused-ring (bicyclic) bond motifs is 2. The van der Waals surface area contributed by atoms with Gasteiger partial charge < -0.3 is 26.0 Å². The van der Waals surface area contributed by atoms with Crippen LogP contribution in [-0.2, 0) is 24.3 Å². The zero-order valence-electron chi connectivity index (χ0n) is 19.8. The van der Waals surface area contributed by atoms with Crippen LogP contribution in [0.1, 0.15) is 47.1 Å². The van der Waals surface area contributed by atoms with Crippen LogP contribution >= 0.6 is 34.5 Å². The Bertz CT molecular complexity index is 1460. The summed E-state index contributed by atoms with van der Waals surface area (Å²) in [6.45, 7) is 1.13. The van der Waals surface area contributed by atoms with Crippen molar-refractivity contribution in [1.29, 1.82) is 0 Å². The van der Waals surface area contributed by atoms with Gasteiger partial charge in [0.2, 0.25) is 0 Å². The lowest BCUT2D eigenvalue weighted by Gasteiger charge is -2.31. The molecule has 2 aliphatic rings. The van der Waals surface area contributed by atoms with Crippen molar-refractivity contribution in [3.05, 3.63) is 84.5 Å². The number of anilines is 1. The lowest BCUT2D eigenvalue weighted by Crippen LogP contribution is -2.48. The average Bonchev–Trinajstić information content (AvgIpc) is 3.41. The summed E-state index contributed by atoms with van der Waals surface area (Å²) in [5.41, 5.74) is 4.07. The number of nitrogens with one attached hydrogen (secondary N) is 3. The number of halogens is 2. The topological polar surface area (TPSA) is 128 Å². The van der Waals surface area contributed by atoms with Crippen molar-refractivity contribution >= 4 is 63.9 Å². The summed E-state index contributed by atoms with van der Waals surface area (Å²) >= 11 is 14.3. The standard InChI is InChI=1S/C26H22Cl2N4O5S/c27-17-8-15-12-32(25(35)13-3-4-14-10-29-18(14)9-13)6-5-16(15)22(28)21(17)24(34)31-19(26(36)37)11-30-23(33)20-2-1-7-38-20/h1-4,7-9,19,29H,5-6,10-12H2,(H,30,33)(H,31,34)(H,36,37)/t19-/m0/s1. The van der Waals surface area contributed by atoms with E-state index < -0.39 is 23.8 Å². The summed E-state index contributed by atoms with van der Waals surface area (Å²) in [5.74, 6) is -2.65. The van der Waals surface area contributed by atoms with Crippen LogP contribution in [0.5, 0.6) is 0 Å². The molecule has 3 heterocycles. The minimum atomic E-state index is -1.40. The first-order chi connectivity index (χ1) is 18.2. The van der Waals surface area contributed by atoms with E-state index in [1.807, 2.05) is 18.2 Å². The maximum atomic E-state index is 13.1. The maximum absolute atomic E-state index is 13.1. The molecular weight excluding hydrogens is 551 g/mol. The fourth-order valence-electron chi connectivity index (χ4n) is 4.45. The number of rotatable bonds is 7. The molecule has 9 nitrogen and oxygen atoms in total. The van der Waals surface area contributed by atoms with Gasteiger partial charge in [-0.2, -0.15) is 0 Å². The Morgan fingerprint density at radius 2 is 1.92 bits per heavy atom. The van der Waals surface area contributed by atoms with E-state index in [4.69, 9.17) is 23.2 Å². The molecule has 0 saturated carbocycles. The van der Waals surface area contributed by atoms with Gasteiger partial charge in [0, 0.05) is 37.4 Å². The maximum Gasteiger partial charge on any atom is 0.328 e. The smallest absolute Gasteiger partial charge is 0.328 e. The SMILES string of the molecule is O=C(NC[C@H](NC(=O)c1c(Cl)cc2c(c1Cl)CCN(C(=O)c1ccc3c(c1)NC3)C2)C(=O)O)c1cccs1. The molecule has 38 heavy (non-hydrogen) atoms. The zero-order chi connectivity index (χ0) is 27.0. The van der Waals surface area contributed by atoms with Gasteiger partial charge in [-0.25, -0.2) is 4.79 Å². The number of thiophene rings is 1. The van der Waals surface area contributed by atoms with Crippen molar-refractivity contribution in [3.8, 4) is 0 Å². The van der Waals surface area contributed by atoms with Crippen molar-refractivity contribution in [2.24, 2.45) is 0 Å². The fraction of sp³-hybridized carbons (Fsp3) is 0.231. The highest BCUT2D eigenvalue weighted by Crippen LogP contribution is 2.35. The molecule has 0 bridgehead atoms. The second kappa shape index (κ2) is 10.6. The molecule has 2 aliphatic heterocycles. The Labute approximate surface area is 231 Å². The number of nitrogens with zero attached hydrogens (tertiary/aromatic N) is 1. The molecule has 4 N–H and O–H groups in total. The van der Waals surface area contributed by atoms with Crippen molar-refractivity contribution in [2.75, 3.05) is 18.4 Å². The zero-order valence-corrected chi connectivity index (χ0v) is 22.2. The number of hydrogen-bond donors (Lipinski definition) is 4. The fourth-order valence-corrected chi connectivity index (χ4v) is 5.85. The predicted molar refractivity (Wildman–Crippen MR) is 144 cm³/mol. The normalized spacial score (nSPS) is 14.3. The highest BCUT2D eigenvalue weighted by molar-refractivity contribution is 7.12. The molecule has 0 spiro atoms. The molecule has 0 aliphatic carbocycles. The molecule has 1 atom stereocenters. The second-order valence-corrected chi connectivity index (χ2v) is 10.7. The van der Waals surface area contributed by atoms with Crippen LogP contribution in [0.4, 0.5) is 5.69 Å². The van der Waals surface area contributed by atoms with Gasteiger partial charge in [-0.15, -0.1) is 11.3 Å². The van der Waals surface area contributed by atoms with Gasteiger partial charge in [0.1, 0.15) is 6.04 Å². The third kappa shape index (κ3) is 5.07. The molecule has 0 unspecified atom stereocenters. The van der Waals surface area contributed by atoms with E-state index in [-0.39, 0.29) is 34.6 Å². The summed E-state index contributed by atoms with van der Waals surface area (Å²) in [7, 11) is 0. The molecule has 1 aromatic heterocycles. The third-order valence-corrected chi connectivity index (χ3v) is 8.14. The van der Waals surface area contributed by atoms with Crippen LogP contribution in [0.25, 0.3) is 0 Å². The first kappa shape index (κ1) is 26.0. The third-order valence-electron chi connectivity index (χ3n) is 6.56. The minimum absolute atomic E-state index is 0.0394. The van der Waals surface area contributed by atoms with Crippen molar-refractivity contribution < 1.29 is 24.3 Å². The van der Waals surface area contributed by atoms with Crippen LogP contribution in [0, 0.1) is 0 Å². The number of carbonyl (C=O) groups is 4. The summed E-state index contributed by atoms with van der Waals surface area (Å²) in [4.78, 5) is 52.2. The number of amides is 3. The summed E-state index contributed by atoms with van der Waals surface area (Å²) in [5, 5.41) is 19.5. The first-order valence-electron chi connectivity index (χ1n) is 11.7.